The van der Waals surface area contributed by atoms with E-state index < -0.39 is 6.04 Å². The molecule has 22 heavy (non-hydrogen) atoms. The largest absolute Gasteiger partial charge is 0.456 e. The number of nitrogens with zero attached hydrogens (tertiary/aromatic N) is 1. The van der Waals surface area contributed by atoms with E-state index in [0.717, 1.165) is 12.0 Å². The smallest absolute Gasteiger partial charge is 0.338 e. The molecule has 2 aliphatic heterocycles. The SMILES string of the molecule is CC(C)CCN1C(=O)N[C@H](c2ccccc2)C2=C1COC2=O. The molecule has 2 heterocycles. The minimum absolute atomic E-state index is 0.161. The van der Waals surface area contributed by atoms with Crippen LogP contribution in [0.2, 0.25) is 0 Å². The predicted octanol–water partition coefficient (Wildman–Crippen LogP) is 2.61. The van der Waals surface area contributed by atoms with Gasteiger partial charge in [-0.25, -0.2) is 9.59 Å². The van der Waals surface area contributed by atoms with Gasteiger partial charge in [-0.15, -0.1) is 0 Å². The molecule has 0 aliphatic carbocycles. The topological polar surface area (TPSA) is 58.6 Å². The highest BCUT2D eigenvalue weighted by atomic mass is 16.5. The molecule has 0 radical (unpaired) electrons. The number of benzene rings is 1. The van der Waals surface area contributed by atoms with Gasteiger partial charge in [0, 0.05) is 6.54 Å². The fraction of sp³-hybridized carbons (Fsp3) is 0.412. The Hall–Kier alpha value is -2.30. The first kappa shape index (κ1) is 14.6. The molecule has 0 saturated carbocycles. The molecule has 1 N–H and O–H groups in total. The highest BCUT2D eigenvalue weighted by molar-refractivity contribution is 5.97. The number of hydrogen-bond acceptors (Lipinski definition) is 3. The minimum Gasteiger partial charge on any atom is -0.456 e. The zero-order valence-electron chi connectivity index (χ0n) is 12.8. The van der Waals surface area contributed by atoms with Crippen LogP contribution in [0.1, 0.15) is 31.9 Å². The molecule has 0 saturated heterocycles. The second-order valence-electron chi connectivity index (χ2n) is 6.06. The molecule has 1 aromatic carbocycles. The molecular formula is C17H20N2O3. The van der Waals surface area contributed by atoms with E-state index in [0.29, 0.717) is 23.7 Å². The molecule has 0 aromatic heterocycles. The zero-order chi connectivity index (χ0) is 15.7. The van der Waals surface area contributed by atoms with Gasteiger partial charge in [-0.1, -0.05) is 44.2 Å². The van der Waals surface area contributed by atoms with Crippen LogP contribution in [0.3, 0.4) is 0 Å². The van der Waals surface area contributed by atoms with E-state index >= 15 is 0 Å². The third-order valence-corrected chi connectivity index (χ3v) is 4.06. The van der Waals surface area contributed by atoms with Gasteiger partial charge in [0.05, 0.1) is 17.3 Å². The molecule has 3 rings (SSSR count). The number of nitrogens with one attached hydrogen (secondary N) is 1. The van der Waals surface area contributed by atoms with Gasteiger partial charge in [0.1, 0.15) is 6.61 Å². The maximum atomic E-state index is 12.5. The Bertz CT molecular complexity index is 622. The number of ether oxygens (including phenoxy) is 1. The lowest BCUT2D eigenvalue weighted by atomic mass is 9.95. The van der Waals surface area contributed by atoms with Gasteiger partial charge in [-0.2, -0.15) is 0 Å². The number of carbonyl (C=O) groups excluding carboxylic acids is 2. The summed E-state index contributed by atoms with van der Waals surface area (Å²) >= 11 is 0. The number of rotatable bonds is 4. The molecule has 0 bridgehead atoms. The summed E-state index contributed by atoms with van der Waals surface area (Å²) in [7, 11) is 0. The number of amides is 2. The van der Waals surface area contributed by atoms with Crippen LogP contribution in [-0.2, 0) is 9.53 Å². The third kappa shape index (κ3) is 2.58. The Kier molecular flexibility index (Phi) is 3.88. The summed E-state index contributed by atoms with van der Waals surface area (Å²) in [4.78, 5) is 26.2. The fourth-order valence-electron chi connectivity index (χ4n) is 2.83. The van der Waals surface area contributed by atoms with Crippen molar-refractivity contribution in [2.24, 2.45) is 5.92 Å². The molecule has 1 aromatic rings. The van der Waals surface area contributed by atoms with Gasteiger partial charge >= 0.3 is 12.0 Å². The summed E-state index contributed by atoms with van der Waals surface area (Å²) in [6.07, 6.45) is 0.883. The molecule has 0 fully saturated rings. The van der Waals surface area contributed by atoms with Crippen LogP contribution in [0.4, 0.5) is 4.79 Å². The summed E-state index contributed by atoms with van der Waals surface area (Å²) < 4.78 is 5.19. The normalized spacial score (nSPS) is 21.0. The third-order valence-electron chi connectivity index (χ3n) is 4.06. The van der Waals surface area contributed by atoms with E-state index in [1.165, 1.54) is 0 Å². The maximum absolute atomic E-state index is 12.5. The number of esters is 1. The molecule has 1 atom stereocenters. The van der Waals surface area contributed by atoms with Gasteiger partial charge in [0.2, 0.25) is 0 Å². The van der Waals surface area contributed by atoms with Crippen molar-refractivity contribution in [2.75, 3.05) is 13.2 Å². The summed E-state index contributed by atoms with van der Waals surface area (Å²) in [5.74, 6) is 0.153. The first-order valence-corrected chi connectivity index (χ1v) is 7.61. The molecular weight excluding hydrogens is 280 g/mol. The lowest BCUT2D eigenvalue weighted by molar-refractivity contribution is -0.136. The van der Waals surface area contributed by atoms with Crippen LogP contribution >= 0.6 is 0 Å². The molecule has 2 aliphatic rings. The van der Waals surface area contributed by atoms with Crippen LogP contribution in [0.5, 0.6) is 0 Å². The van der Waals surface area contributed by atoms with Crippen LogP contribution in [0.25, 0.3) is 0 Å². The van der Waals surface area contributed by atoms with Gasteiger partial charge in [-0.3, -0.25) is 4.90 Å². The Morgan fingerprint density at radius 3 is 2.68 bits per heavy atom. The van der Waals surface area contributed by atoms with E-state index in [-0.39, 0.29) is 18.6 Å². The summed E-state index contributed by atoms with van der Waals surface area (Å²) in [5, 5.41) is 2.94. The number of carbonyl (C=O) groups is 2. The van der Waals surface area contributed by atoms with Crippen molar-refractivity contribution in [1.82, 2.24) is 10.2 Å². The number of urea groups is 1. The average Bonchev–Trinajstić information content (AvgIpc) is 2.88. The van der Waals surface area contributed by atoms with E-state index in [1.807, 2.05) is 30.3 Å². The molecule has 0 unspecified atom stereocenters. The Labute approximate surface area is 129 Å². The summed E-state index contributed by atoms with van der Waals surface area (Å²) in [6.45, 7) is 5.00. The summed E-state index contributed by atoms with van der Waals surface area (Å²) in [5.41, 5.74) is 2.17. The molecule has 116 valence electrons. The number of hydrogen-bond donors (Lipinski definition) is 1. The highest BCUT2D eigenvalue weighted by Crippen LogP contribution is 2.35. The van der Waals surface area contributed by atoms with Crippen molar-refractivity contribution < 1.29 is 14.3 Å². The van der Waals surface area contributed by atoms with E-state index in [9.17, 15) is 9.59 Å². The fourth-order valence-corrected chi connectivity index (χ4v) is 2.83. The lowest BCUT2D eigenvalue weighted by Crippen LogP contribution is -2.47. The van der Waals surface area contributed by atoms with Gasteiger partial charge in [0.25, 0.3) is 0 Å². The van der Waals surface area contributed by atoms with E-state index in [4.69, 9.17) is 4.74 Å². The van der Waals surface area contributed by atoms with Crippen molar-refractivity contribution in [3.8, 4) is 0 Å². The summed E-state index contributed by atoms with van der Waals surface area (Å²) in [6, 6.07) is 8.93. The minimum atomic E-state index is -0.422. The second kappa shape index (κ2) is 5.83. The molecule has 0 spiro atoms. The van der Waals surface area contributed by atoms with Crippen molar-refractivity contribution in [2.45, 2.75) is 26.3 Å². The Morgan fingerprint density at radius 1 is 1.27 bits per heavy atom. The standard InChI is InChI=1S/C17H20N2O3/c1-11(2)8-9-19-13-10-22-16(20)14(13)15(18-17(19)21)12-6-4-3-5-7-12/h3-7,11,15H,8-10H2,1-2H3,(H,18,21)/t15-/m1/s1. The Morgan fingerprint density at radius 2 is 2.00 bits per heavy atom. The number of cyclic esters (lactones) is 1. The van der Waals surface area contributed by atoms with Crippen LogP contribution in [-0.4, -0.2) is 30.1 Å². The van der Waals surface area contributed by atoms with E-state index in [2.05, 4.69) is 19.2 Å². The van der Waals surface area contributed by atoms with Gasteiger partial charge in [0.15, 0.2) is 0 Å². The predicted molar refractivity (Wildman–Crippen MR) is 81.9 cm³/mol. The molecule has 5 heteroatoms. The van der Waals surface area contributed by atoms with Gasteiger partial charge in [-0.05, 0) is 17.9 Å². The first-order chi connectivity index (χ1) is 10.6. The monoisotopic (exact) mass is 300 g/mol. The highest BCUT2D eigenvalue weighted by Gasteiger charge is 2.41. The first-order valence-electron chi connectivity index (χ1n) is 7.61. The lowest BCUT2D eigenvalue weighted by Gasteiger charge is -2.33. The van der Waals surface area contributed by atoms with Crippen LogP contribution < -0.4 is 5.32 Å². The van der Waals surface area contributed by atoms with Crippen molar-refractivity contribution >= 4 is 12.0 Å². The second-order valence-corrected chi connectivity index (χ2v) is 6.06. The van der Waals surface area contributed by atoms with Crippen molar-refractivity contribution in [3.63, 3.8) is 0 Å². The average molecular weight is 300 g/mol. The van der Waals surface area contributed by atoms with Crippen LogP contribution in [0, 0.1) is 5.92 Å². The quantitative estimate of drug-likeness (QED) is 0.870. The van der Waals surface area contributed by atoms with Crippen LogP contribution in [0.15, 0.2) is 41.6 Å². The maximum Gasteiger partial charge on any atom is 0.338 e. The van der Waals surface area contributed by atoms with E-state index in [1.54, 1.807) is 4.90 Å². The molecule has 5 nitrogen and oxygen atoms in total. The Balaban J connectivity index is 1.96. The van der Waals surface area contributed by atoms with Gasteiger partial charge < -0.3 is 10.1 Å². The molecule has 2 amide bonds. The van der Waals surface area contributed by atoms with Crippen molar-refractivity contribution in [3.05, 3.63) is 47.2 Å². The zero-order valence-corrected chi connectivity index (χ0v) is 12.8. The van der Waals surface area contributed by atoms with Crippen molar-refractivity contribution in [1.29, 1.82) is 0 Å².